The van der Waals surface area contributed by atoms with Crippen LogP contribution in [0.15, 0.2) is 224 Å². The number of benzene rings is 9. The molecule has 3 heteroatoms. The summed E-state index contributed by atoms with van der Waals surface area (Å²) in [5.41, 5.74) is 15.8. The van der Waals surface area contributed by atoms with E-state index in [1.807, 2.05) is 0 Å². The lowest BCUT2D eigenvalue weighted by Crippen LogP contribution is -1.96. The van der Waals surface area contributed by atoms with E-state index in [2.05, 4.69) is 234 Å². The van der Waals surface area contributed by atoms with Crippen LogP contribution in [0.25, 0.3) is 111 Å². The molecule has 3 heterocycles. The van der Waals surface area contributed by atoms with Crippen molar-refractivity contribution >= 4 is 54.4 Å². The van der Waals surface area contributed by atoms with Crippen LogP contribution in [0.1, 0.15) is 0 Å². The van der Waals surface area contributed by atoms with Crippen LogP contribution in [0.2, 0.25) is 0 Å². The fraction of sp³-hybridized carbons (Fsp3) is 0. The lowest BCUT2D eigenvalue weighted by atomic mass is 9.99. The summed E-state index contributed by atoms with van der Waals surface area (Å²) in [6.45, 7) is 0. The van der Waals surface area contributed by atoms with Gasteiger partial charge < -0.3 is 9.13 Å². The van der Waals surface area contributed by atoms with Gasteiger partial charge in [-0.15, -0.1) is 0 Å². The standard InChI is InChI=1S/C57H37N3/c1-3-16-39(17-4-1)51-35-44(36-52(58-51)40-18-5-2-6-19-40)41-21-13-22-45(33-41)59-54-26-11-10-25-48(54)50-34-42(30-32-56(50)59)43-29-31-49-47-24-9-12-27-55(47)60(57(49)37-43)53-28-14-20-38-15-7-8-23-46(38)53/h1-37H. The Morgan fingerprint density at radius 3 is 1.53 bits per heavy atom. The van der Waals surface area contributed by atoms with Gasteiger partial charge in [0.25, 0.3) is 0 Å². The summed E-state index contributed by atoms with van der Waals surface area (Å²) in [6, 6.07) is 81.1. The molecule has 0 fully saturated rings. The number of pyridine rings is 1. The minimum atomic E-state index is 0.956. The maximum absolute atomic E-state index is 5.14. The number of fused-ring (bicyclic) bond motifs is 7. The molecule has 0 atom stereocenters. The predicted molar refractivity (Wildman–Crippen MR) is 252 cm³/mol. The van der Waals surface area contributed by atoms with Crippen molar-refractivity contribution < 1.29 is 0 Å². The molecular formula is C57H37N3. The lowest BCUT2D eigenvalue weighted by molar-refractivity contribution is 1.18. The number of nitrogens with zero attached hydrogens (tertiary/aromatic N) is 3. The van der Waals surface area contributed by atoms with Crippen molar-refractivity contribution in [3.8, 4) is 56.1 Å². The highest BCUT2D eigenvalue weighted by atomic mass is 15.0. The third-order valence-corrected chi connectivity index (χ3v) is 12.1. The van der Waals surface area contributed by atoms with Crippen molar-refractivity contribution in [3.63, 3.8) is 0 Å². The molecule has 3 nitrogen and oxygen atoms in total. The Balaban J connectivity index is 1.01. The van der Waals surface area contributed by atoms with Crippen molar-refractivity contribution in [1.82, 2.24) is 14.1 Å². The molecule has 0 spiro atoms. The van der Waals surface area contributed by atoms with E-state index in [9.17, 15) is 0 Å². The molecular weight excluding hydrogens is 727 g/mol. The lowest BCUT2D eigenvalue weighted by Gasteiger charge is -2.13. The third-order valence-electron chi connectivity index (χ3n) is 12.1. The van der Waals surface area contributed by atoms with Crippen molar-refractivity contribution in [2.45, 2.75) is 0 Å². The molecule has 0 aliphatic rings. The van der Waals surface area contributed by atoms with Crippen molar-refractivity contribution in [2.24, 2.45) is 0 Å². The summed E-state index contributed by atoms with van der Waals surface area (Å²) in [5.74, 6) is 0. The zero-order valence-corrected chi connectivity index (χ0v) is 32.7. The van der Waals surface area contributed by atoms with E-state index in [1.54, 1.807) is 0 Å². The molecule has 3 aromatic heterocycles. The van der Waals surface area contributed by atoms with E-state index < -0.39 is 0 Å². The summed E-state index contributed by atoms with van der Waals surface area (Å²) < 4.78 is 4.86. The molecule has 12 aromatic rings. The van der Waals surface area contributed by atoms with Crippen LogP contribution >= 0.6 is 0 Å². The summed E-state index contributed by atoms with van der Waals surface area (Å²) in [6.07, 6.45) is 0. The van der Waals surface area contributed by atoms with Gasteiger partial charge in [-0.1, -0.05) is 164 Å². The molecule has 0 saturated heterocycles. The van der Waals surface area contributed by atoms with Crippen LogP contribution in [0.3, 0.4) is 0 Å². The number of hydrogen-bond acceptors (Lipinski definition) is 1. The maximum atomic E-state index is 5.14. The van der Waals surface area contributed by atoms with E-state index in [1.165, 1.54) is 71.2 Å². The molecule has 280 valence electrons. The SMILES string of the molecule is c1ccc(-c2cc(-c3cccc(-n4c5ccccc5c5cc(-c6ccc7c8ccccc8n(-c8cccc9ccccc89)c7c6)ccc54)c3)cc(-c3ccccc3)n2)cc1. The normalized spacial score (nSPS) is 11.7. The molecule has 9 aromatic carbocycles. The van der Waals surface area contributed by atoms with E-state index in [0.717, 1.165) is 39.3 Å². The molecule has 12 rings (SSSR count). The van der Waals surface area contributed by atoms with Crippen molar-refractivity contribution in [2.75, 3.05) is 0 Å². The first-order valence-electron chi connectivity index (χ1n) is 20.5. The van der Waals surface area contributed by atoms with Crippen molar-refractivity contribution in [1.29, 1.82) is 0 Å². The van der Waals surface area contributed by atoms with Crippen LogP contribution in [-0.4, -0.2) is 14.1 Å². The van der Waals surface area contributed by atoms with Gasteiger partial charge in [0.05, 0.1) is 39.1 Å². The molecule has 0 unspecified atom stereocenters. The zero-order valence-electron chi connectivity index (χ0n) is 32.7. The first kappa shape index (κ1) is 34.1. The van der Waals surface area contributed by atoms with E-state index in [-0.39, 0.29) is 0 Å². The van der Waals surface area contributed by atoms with Crippen LogP contribution < -0.4 is 0 Å². The monoisotopic (exact) mass is 763 g/mol. The van der Waals surface area contributed by atoms with E-state index in [0.29, 0.717) is 0 Å². The topological polar surface area (TPSA) is 22.8 Å². The summed E-state index contributed by atoms with van der Waals surface area (Å²) in [5, 5.41) is 7.44. The highest BCUT2D eigenvalue weighted by Gasteiger charge is 2.18. The highest BCUT2D eigenvalue weighted by Crippen LogP contribution is 2.40. The molecule has 0 radical (unpaired) electrons. The maximum Gasteiger partial charge on any atom is 0.0715 e. The minimum Gasteiger partial charge on any atom is -0.309 e. The second-order valence-corrected chi connectivity index (χ2v) is 15.6. The number of rotatable bonds is 6. The Morgan fingerprint density at radius 2 is 0.783 bits per heavy atom. The van der Waals surface area contributed by atoms with Gasteiger partial charge in [-0.05, 0) is 88.3 Å². The quantitative estimate of drug-likeness (QED) is 0.165. The first-order valence-corrected chi connectivity index (χ1v) is 20.5. The largest absolute Gasteiger partial charge is 0.309 e. The fourth-order valence-corrected chi connectivity index (χ4v) is 9.28. The minimum absolute atomic E-state index is 0.956. The van der Waals surface area contributed by atoms with Gasteiger partial charge in [0.2, 0.25) is 0 Å². The second-order valence-electron chi connectivity index (χ2n) is 15.6. The van der Waals surface area contributed by atoms with Crippen LogP contribution in [0.5, 0.6) is 0 Å². The van der Waals surface area contributed by atoms with Gasteiger partial charge in [0.1, 0.15) is 0 Å². The molecule has 0 bridgehead atoms. The number of para-hydroxylation sites is 2. The average Bonchev–Trinajstić information content (AvgIpc) is 3.84. The molecule has 0 saturated carbocycles. The van der Waals surface area contributed by atoms with Crippen LogP contribution in [-0.2, 0) is 0 Å². The second kappa shape index (κ2) is 13.8. The van der Waals surface area contributed by atoms with Gasteiger partial charge in [-0.3, -0.25) is 0 Å². The Hall–Kier alpha value is -8.01. The van der Waals surface area contributed by atoms with Gasteiger partial charge in [0.15, 0.2) is 0 Å². The number of aromatic nitrogens is 3. The predicted octanol–water partition coefficient (Wildman–Crippen LogP) is 15.1. The summed E-state index contributed by atoms with van der Waals surface area (Å²) in [7, 11) is 0. The summed E-state index contributed by atoms with van der Waals surface area (Å²) >= 11 is 0. The van der Waals surface area contributed by atoms with Gasteiger partial charge >= 0.3 is 0 Å². The Bertz CT molecular complexity index is 3530. The number of hydrogen-bond donors (Lipinski definition) is 0. The first-order chi connectivity index (χ1) is 29.7. The smallest absolute Gasteiger partial charge is 0.0715 e. The van der Waals surface area contributed by atoms with Crippen LogP contribution in [0, 0.1) is 0 Å². The van der Waals surface area contributed by atoms with E-state index in [4.69, 9.17) is 4.98 Å². The molecule has 0 amide bonds. The van der Waals surface area contributed by atoms with Gasteiger partial charge in [-0.2, -0.15) is 0 Å². The zero-order chi connectivity index (χ0) is 39.6. The molecule has 0 aliphatic heterocycles. The Morgan fingerprint density at radius 1 is 0.267 bits per heavy atom. The molecule has 0 N–H and O–H groups in total. The molecule has 60 heavy (non-hydrogen) atoms. The van der Waals surface area contributed by atoms with Gasteiger partial charge in [0, 0.05) is 43.7 Å². The molecule has 0 aliphatic carbocycles. The van der Waals surface area contributed by atoms with Gasteiger partial charge in [-0.25, -0.2) is 4.98 Å². The van der Waals surface area contributed by atoms with Crippen molar-refractivity contribution in [3.05, 3.63) is 224 Å². The fourth-order valence-electron chi connectivity index (χ4n) is 9.28. The average molecular weight is 764 g/mol. The van der Waals surface area contributed by atoms with Crippen LogP contribution in [0.4, 0.5) is 0 Å². The Kier molecular flexibility index (Phi) is 7.85. The third kappa shape index (κ3) is 5.55. The Labute approximate surface area is 347 Å². The highest BCUT2D eigenvalue weighted by molar-refractivity contribution is 6.13. The summed E-state index contributed by atoms with van der Waals surface area (Å²) in [4.78, 5) is 5.14. The van der Waals surface area contributed by atoms with E-state index >= 15 is 0 Å².